The average Bonchev–Trinajstić information content (AvgIpc) is 3.27. The fraction of sp³-hybridized carbons (Fsp3) is 0.0833. The lowest BCUT2D eigenvalue weighted by Crippen LogP contribution is -1.88. The Balaban J connectivity index is 1.75. The maximum absolute atomic E-state index is 11.0. The van der Waals surface area contributed by atoms with Crippen molar-refractivity contribution in [2.24, 2.45) is 4.99 Å². The van der Waals surface area contributed by atoms with Crippen LogP contribution in [0.2, 0.25) is 0 Å². The van der Waals surface area contributed by atoms with Crippen LogP contribution in [0.4, 0.5) is 10.8 Å². The first-order valence-electron chi connectivity index (χ1n) is 9.65. The van der Waals surface area contributed by atoms with Crippen LogP contribution in [0.5, 0.6) is 11.5 Å². The number of ether oxygens (including phenoxy) is 2. The fourth-order valence-corrected chi connectivity index (χ4v) is 4.03. The van der Waals surface area contributed by atoms with Gasteiger partial charge in [-0.2, -0.15) is 0 Å². The van der Waals surface area contributed by atoms with Crippen LogP contribution >= 0.6 is 11.3 Å². The van der Waals surface area contributed by atoms with Crippen molar-refractivity contribution >= 4 is 28.4 Å². The molecule has 160 valence electrons. The molecule has 0 saturated heterocycles. The topological polar surface area (TPSA) is 86.9 Å². The largest absolute Gasteiger partial charge is 0.497 e. The van der Waals surface area contributed by atoms with Crippen LogP contribution in [-0.2, 0) is 0 Å². The molecule has 32 heavy (non-hydrogen) atoms. The lowest BCUT2D eigenvalue weighted by Gasteiger charge is -2.04. The molecule has 0 bridgehead atoms. The highest BCUT2D eigenvalue weighted by Crippen LogP contribution is 2.41. The number of benzene rings is 3. The van der Waals surface area contributed by atoms with Crippen LogP contribution in [0.15, 0.2) is 77.8 Å². The van der Waals surface area contributed by atoms with Gasteiger partial charge in [-0.1, -0.05) is 23.5 Å². The second-order valence-corrected chi connectivity index (χ2v) is 7.72. The van der Waals surface area contributed by atoms with Crippen LogP contribution in [0.1, 0.15) is 5.56 Å². The van der Waals surface area contributed by atoms with Gasteiger partial charge in [0.2, 0.25) is 5.13 Å². The van der Waals surface area contributed by atoms with E-state index in [0.717, 1.165) is 38.8 Å². The molecule has 0 atom stereocenters. The molecule has 3 aromatic carbocycles. The molecule has 0 aliphatic heterocycles. The zero-order chi connectivity index (χ0) is 22.5. The molecule has 0 unspecified atom stereocenters. The minimum atomic E-state index is -0.412. The fourth-order valence-electron chi connectivity index (χ4n) is 3.09. The molecule has 1 heterocycles. The van der Waals surface area contributed by atoms with Gasteiger partial charge in [0.1, 0.15) is 11.5 Å². The first-order chi connectivity index (χ1) is 15.6. The summed E-state index contributed by atoms with van der Waals surface area (Å²) >= 11 is 1.42. The van der Waals surface area contributed by atoms with E-state index in [1.807, 2.05) is 48.5 Å². The van der Waals surface area contributed by atoms with Crippen molar-refractivity contribution in [2.75, 3.05) is 14.2 Å². The molecule has 8 heteroatoms. The van der Waals surface area contributed by atoms with Crippen LogP contribution < -0.4 is 9.47 Å². The lowest BCUT2D eigenvalue weighted by molar-refractivity contribution is -0.384. The van der Waals surface area contributed by atoms with Gasteiger partial charge in [-0.05, 0) is 59.7 Å². The molecule has 4 aromatic rings. The standard InChI is InChI=1S/C24H19N3O4S/c1-30-20-12-8-17(9-13-20)22-23(18-6-10-19(11-7-18)27(28)29)32-24(26-22)25-15-16-4-3-5-21(14-16)31-2/h3-15H,1-2H3. The Bertz CT molecular complexity index is 1270. The second-order valence-electron chi connectivity index (χ2n) is 6.74. The smallest absolute Gasteiger partial charge is 0.269 e. The third-order valence-corrected chi connectivity index (χ3v) is 5.75. The van der Waals surface area contributed by atoms with Gasteiger partial charge < -0.3 is 9.47 Å². The molecule has 4 rings (SSSR count). The molecule has 0 spiro atoms. The van der Waals surface area contributed by atoms with Gasteiger partial charge >= 0.3 is 0 Å². The number of rotatable bonds is 7. The first-order valence-corrected chi connectivity index (χ1v) is 10.5. The van der Waals surface area contributed by atoms with Crippen molar-refractivity contribution in [2.45, 2.75) is 0 Å². The summed E-state index contributed by atoms with van der Waals surface area (Å²) in [7, 11) is 3.24. The van der Waals surface area contributed by atoms with E-state index in [1.54, 1.807) is 32.6 Å². The lowest BCUT2D eigenvalue weighted by atomic mass is 10.1. The molecule has 1 aromatic heterocycles. The summed E-state index contributed by atoms with van der Waals surface area (Å²) in [5, 5.41) is 11.6. The number of nitrogens with zero attached hydrogens (tertiary/aromatic N) is 3. The normalized spacial score (nSPS) is 10.9. The van der Waals surface area contributed by atoms with Crippen molar-refractivity contribution in [3.05, 3.63) is 88.5 Å². The average molecular weight is 446 g/mol. The van der Waals surface area contributed by atoms with Gasteiger partial charge in [-0.25, -0.2) is 9.98 Å². The zero-order valence-electron chi connectivity index (χ0n) is 17.4. The maximum atomic E-state index is 11.0. The molecular weight excluding hydrogens is 426 g/mol. The van der Waals surface area contributed by atoms with Crippen molar-refractivity contribution in [1.82, 2.24) is 4.98 Å². The molecule has 0 radical (unpaired) electrons. The summed E-state index contributed by atoms with van der Waals surface area (Å²) in [5.41, 5.74) is 3.42. The van der Waals surface area contributed by atoms with E-state index < -0.39 is 4.92 Å². The minimum absolute atomic E-state index is 0.0422. The number of nitro groups is 1. The van der Waals surface area contributed by atoms with Crippen molar-refractivity contribution < 1.29 is 14.4 Å². The molecule has 0 saturated carbocycles. The highest BCUT2D eigenvalue weighted by Gasteiger charge is 2.16. The van der Waals surface area contributed by atoms with E-state index in [4.69, 9.17) is 14.5 Å². The summed E-state index contributed by atoms with van der Waals surface area (Å²) < 4.78 is 10.5. The van der Waals surface area contributed by atoms with Gasteiger partial charge in [-0.15, -0.1) is 0 Å². The van der Waals surface area contributed by atoms with E-state index in [2.05, 4.69) is 4.99 Å². The summed E-state index contributed by atoms with van der Waals surface area (Å²) in [4.78, 5) is 20.8. The summed E-state index contributed by atoms with van der Waals surface area (Å²) in [5.74, 6) is 1.50. The summed E-state index contributed by atoms with van der Waals surface area (Å²) in [6.07, 6.45) is 1.73. The summed E-state index contributed by atoms with van der Waals surface area (Å²) in [6, 6.07) is 21.6. The first kappa shape index (κ1) is 21.2. The zero-order valence-corrected chi connectivity index (χ0v) is 18.2. The summed E-state index contributed by atoms with van der Waals surface area (Å²) in [6.45, 7) is 0. The number of non-ortho nitro benzene ring substituents is 1. The van der Waals surface area contributed by atoms with Crippen LogP contribution in [-0.4, -0.2) is 30.3 Å². The molecule has 0 aliphatic carbocycles. The van der Waals surface area contributed by atoms with E-state index >= 15 is 0 Å². The SMILES string of the molecule is COc1ccc(-c2nc(N=Cc3cccc(OC)c3)sc2-c2ccc([N+](=O)[O-])cc2)cc1. The van der Waals surface area contributed by atoms with E-state index in [9.17, 15) is 10.1 Å². The quantitative estimate of drug-likeness (QED) is 0.193. The van der Waals surface area contributed by atoms with Gasteiger partial charge in [0.15, 0.2) is 0 Å². The Labute approximate surface area is 188 Å². The number of methoxy groups -OCH3 is 2. The Morgan fingerprint density at radius 2 is 1.62 bits per heavy atom. The van der Waals surface area contributed by atoms with Gasteiger partial charge in [0.05, 0.1) is 29.7 Å². The van der Waals surface area contributed by atoms with E-state index in [-0.39, 0.29) is 5.69 Å². The van der Waals surface area contributed by atoms with Gasteiger partial charge in [0.25, 0.3) is 5.69 Å². The monoisotopic (exact) mass is 445 g/mol. The Morgan fingerprint density at radius 3 is 2.28 bits per heavy atom. The predicted molar refractivity (Wildman–Crippen MR) is 126 cm³/mol. The Kier molecular flexibility index (Phi) is 6.23. The third-order valence-electron chi connectivity index (χ3n) is 4.74. The maximum Gasteiger partial charge on any atom is 0.269 e. The molecular formula is C24H19N3O4S. The van der Waals surface area contributed by atoms with Crippen molar-refractivity contribution in [3.8, 4) is 33.2 Å². The predicted octanol–water partition coefficient (Wildman–Crippen LogP) is 6.15. The second kappa shape index (κ2) is 9.40. The number of hydrogen-bond acceptors (Lipinski definition) is 7. The number of aromatic nitrogens is 1. The van der Waals surface area contributed by atoms with E-state index in [0.29, 0.717) is 5.13 Å². The minimum Gasteiger partial charge on any atom is -0.497 e. The number of aliphatic imine (C=N–C) groups is 1. The Hall–Kier alpha value is -4.04. The molecule has 7 nitrogen and oxygen atoms in total. The highest BCUT2D eigenvalue weighted by atomic mass is 32.1. The van der Waals surface area contributed by atoms with Crippen LogP contribution in [0, 0.1) is 10.1 Å². The van der Waals surface area contributed by atoms with Gasteiger partial charge in [0, 0.05) is 23.9 Å². The number of nitro benzene ring substituents is 1. The molecule has 0 fully saturated rings. The number of thiazole rings is 1. The van der Waals surface area contributed by atoms with Crippen LogP contribution in [0.3, 0.4) is 0 Å². The van der Waals surface area contributed by atoms with Crippen molar-refractivity contribution in [1.29, 1.82) is 0 Å². The molecule has 0 N–H and O–H groups in total. The van der Waals surface area contributed by atoms with Crippen molar-refractivity contribution in [3.63, 3.8) is 0 Å². The molecule has 0 amide bonds. The third kappa shape index (κ3) is 4.65. The van der Waals surface area contributed by atoms with E-state index in [1.165, 1.54) is 23.5 Å². The highest BCUT2D eigenvalue weighted by molar-refractivity contribution is 7.19. The Morgan fingerprint density at radius 1 is 0.938 bits per heavy atom. The van der Waals surface area contributed by atoms with Gasteiger partial charge in [-0.3, -0.25) is 10.1 Å². The number of hydrogen-bond donors (Lipinski definition) is 0. The van der Waals surface area contributed by atoms with Crippen LogP contribution in [0.25, 0.3) is 21.7 Å². The molecule has 0 aliphatic rings.